The number of anilines is 1. The molecule has 2 aliphatic heterocycles. The van der Waals surface area contributed by atoms with Crippen molar-refractivity contribution in [2.24, 2.45) is 0 Å². The summed E-state index contributed by atoms with van der Waals surface area (Å²) in [6.07, 6.45) is 1.56. The number of benzene rings is 2. The van der Waals surface area contributed by atoms with Crippen molar-refractivity contribution in [3.8, 4) is 11.3 Å². The molecule has 37 heavy (non-hydrogen) atoms. The van der Waals surface area contributed by atoms with Gasteiger partial charge in [0, 0.05) is 57.4 Å². The highest BCUT2D eigenvalue weighted by molar-refractivity contribution is 5.68. The van der Waals surface area contributed by atoms with Gasteiger partial charge < -0.3 is 19.3 Å². The summed E-state index contributed by atoms with van der Waals surface area (Å²) in [4.78, 5) is 7.02. The number of nitrogens with zero attached hydrogens (tertiary/aromatic N) is 4. The molecule has 7 heteroatoms. The summed E-state index contributed by atoms with van der Waals surface area (Å²) >= 11 is 0. The largest absolute Gasteiger partial charge is 0.390 e. The number of ether oxygens (including phenoxy) is 1. The van der Waals surface area contributed by atoms with E-state index >= 15 is 0 Å². The highest BCUT2D eigenvalue weighted by atomic mass is 16.5. The van der Waals surface area contributed by atoms with Crippen molar-refractivity contribution in [2.45, 2.75) is 51.9 Å². The lowest BCUT2D eigenvalue weighted by atomic mass is 9.99. The molecule has 0 bridgehead atoms. The van der Waals surface area contributed by atoms with E-state index in [-0.39, 0.29) is 0 Å². The number of aliphatic hydroxyl groups is 1. The topological polar surface area (TPSA) is 65.2 Å². The highest BCUT2D eigenvalue weighted by Crippen LogP contribution is 2.35. The second-order valence-electron chi connectivity index (χ2n) is 10.4. The average molecular weight is 505 g/mol. The molecular weight excluding hydrogens is 464 g/mol. The van der Waals surface area contributed by atoms with Crippen molar-refractivity contribution in [3.63, 3.8) is 0 Å². The van der Waals surface area contributed by atoms with Crippen LogP contribution in [0.4, 0.5) is 5.88 Å². The number of aliphatic hydroxyl groups excluding tert-OH is 1. The van der Waals surface area contributed by atoms with E-state index in [1.807, 2.05) is 18.2 Å². The molecule has 0 radical (unpaired) electrons. The van der Waals surface area contributed by atoms with E-state index in [9.17, 15) is 5.11 Å². The second kappa shape index (κ2) is 12.2. The maximum atomic E-state index is 11.1. The summed E-state index contributed by atoms with van der Waals surface area (Å²) in [6, 6.07) is 19.3. The van der Waals surface area contributed by atoms with Crippen molar-refractivity contribution in [1.82, 2.24) is 15.0 Å². The molecule has 1 fully saturated rings. The lowest BCUT2D eigenvalue weighted by Crippen LogP contribution is -2.46. The highest BCUT2D eigenvalue weighted by Gasteiger charge is 2.29. The predicted molar refractivity (Wildman–Crippen MR) is 147 cm³/mol. The number of rotatable bonds is 10. The molecule has 0 unspecified atom stereocenters. The number of aromatic nitrogens is 1. The van der Waals surface area contributed by atoms with Gasteiger partial charge in [0.15, 0.2) is 0 Å². The SMILES string of the molecule is CC[C@@H](C)N(Cc1c(-c2ccccc2)noc1N1CCc2ccccc2C1)C[C@H](O)CN1CCOCC1. The third-order valence-corrected chi connectivity index (χ3v) is 7.83. The van der Waals surface area contributed by atoms with Crippen LogP contribution in [-0.4, -0.2) is 78.1 Å². The van der Waals surface area contributed by atoms with Crippen LogP contribution in [0.5, 0.6) is 0 Å². The van der Waals surface area contributed by atoms with E-state index in [2.05, 4.69) is 70.1 Å². The van der Waals surface area contributed by atoms with Gasteiger partial charge in [-0.2, -0.15) is 0 Å². The van der Waals surface area contributed by atoms with Crippen LogP contribution in [0.3, 0.4) is 0 Å². The third kappa shape index (κ3) is 6.24. The summed E-state index contributed by atoms with van der Waals surface area (Å²) in [5.41, 5.74) is 5.81. The molecule has 0 amide bonds. The molecule has 0 aliphatic carbocycles. The Labute approximate surface area is 220 Å². The van der Waals surface area contributed by atoms with Crippen molar-refractivity contribution in [2.75, 3.05) is 50.8 Å². The first-order valence-electron chi connectivity index (χ1n) is 13.7. The number of hydrogen-bond donors (Lipinski definition) is 1. The Balaban J connectivity index is 1.41. The van der Waals surface area contributed by atoms with Crippen LogP contribution in [0.15, 0.2) is 59.1 Å². The van der Waals surface area contributed by atoms with Gasteiger partial charge in [-0.3, -0.25) is 9.80 Å². The zero-order chi connectivity index (χ0) is 25.6. The first-order valence-corrected chi connectivity index (χ1v) is 13.7. The lowest BCUT2D eigenvalue weighted by Gasteiger charge is -2.34. The van der Waals surface area contributed by atoms with Crippen LogP contribution in [0, 0.1) is 0 Å². The minimum atomic E-state index is -0.433. The summed E-state index contributed by atoms with van der Waals surface area (Å²) in [7, 11) is 0. The molecule has 5 rings (SSSR count). The molecule has 2 atom stereocenters. The lowest BCUT2D eigenvalue weighted by molar-refractivity contribution is 0.00253. The quantitative estimate of drug-likeness (QED) is 0.444. The average Bonchev–Trinajstić information content (AvgIpc) is 3.36. The Hall–Kier alpha value is -2.71. The van der Waals surface area contributed by atoms with Gasteiger partial charge in [-0.15, -0.1) is 0 Å². The number of β-amino-alcohol motifs (C(OH)–C–C–N with tert-alkyl or cyclic N) is 1. The molecule has 2 aliphatic rings. The van der Waals surface area contributed by atoms with Gasteiger partial charge in [0.2, 0.25) is 5.88 Å². The van der Waals surface area contributed by atoms with Crippen molar-refractivity contribution < 1.29 is 14.4 Å². The summed E-state index contributed by atoms with van der Waals surface area (Å²) in [5, 5.41) is 15.7. The van der Waals surface area contributed by atoms with Crippen molar-refractivity contribution >= 4 is 5.88 Å². The van der Waals surface area contributed by atoms with Crippen LogP contribution >= 0.6 is 0 Å². The molecule has 2 aromatic carbocycles. The zero-order valence-corrected chi connectivity index (χ0v) is 22.2. The van der Waals surface area contributed by atoms with Gasteiger partial charge in [0.05, 0.1) is 24.9 Å². The molecule has 0 saturated carbocycles. The predicted octanol–water partition coefficient (Wildman–Crippen LogP) is 4.20. The fourth-order valence-corrected chi connectivity index (χ4v) is 5.46. The number of fused-ring (bicyclic) bond motifs is 1. The van der Waals surface area contributed by atoms with Crippen LogP contribution in [0.25, 0.3) is 11.3 Å². The van der Waals surface area contributed by atoms with Crippen LogP contribution in [0.1, 0.15) is 37.0 Å². The Bertz CT molecular complexity index is 1130. The maximum Gasteiger partial charge on any atom is 0.232 e. The monoisotopic (exact) mass is 504 g/mol. The standard InChI is InChI=1S/C30H40N4O3/c1-3-23(2)34(21-27(35)20-32-15-17-36-18-16-32)22-28-29(25-10-5-4-6-11-25)31-37-30(28)33-14-13-24-9-7-8-12-26(24)19-33/h4-12,23,27,35H,3,13-22H2,1-2H3/t23-,27-/m1/s1. The molecule has 1 aromatic heterocycles. The van der Waals surface area contributed by atoms with E-state index in [1.165, 1.54) is 11.1 Å². The van der Waals surface area contributed by atoms with Crippen LogP contribution in [-0.2, 0) is 24.2 Å². The van der Waals surface area contributed by atoms with Gasteiger partial charge >= 0.3 is 0 Å². The van der Waals surface area contributed by atoms with E-state index in [0.29, 0.717) is 25.7 Å². The Morgan fingerprint density at radius 1 is 1.00 bits per heavy atom. The molecule has 1 saturated heterocycles. The zero-order valence-electron chi connectivity index (χ0n) is 22.2. The molecule has 7 nitrogen and oxygen atoms in total. The first-order chi connectivity index (χ1) is 18.1. The summed E-state index contributed by atoms with van der Waals surface area (Å²) < 4.78 is 11.6. The number of hydrogen-bond acceptors (Lipinski definition) is 7. The van der Waals surface area contributed by atoms with E-state index in [0.717, 1.165) is 74.9 Å². The maximum absolute atomic E-state index is 11.1. The second-order valence-corrected chi connectivity index (χ2v) is 10.4. The van der Waals surface area contributed by atoms with Crippen molar-refractivity contribution in [3.05, 3.63) is 71.3 Å². The van der Waals surface area contributed by atoms with Gasteiger partial charge in [-0.25, -0.2) is 0 Å². The smallest absolute Gasteiger partial charge is 0.232 e. The summed E-state index contributed by atoms with van der Waals surface area (Å²) in [6.45, 7) is 11.4. The Kier molecular flexibility index (Phi) is 8.56. The van der Waals surface area contributed by atoms with Crippen molar-refractivity contribution in [1.29, 1.82) is 0 Å². The minimum absolute atomic E-state index is 0.313. The van der Waals surface area contributed by atoms with E-state index in [4.69, 9.17) is 9.26 Å². The van der Waals surface area contributed by atoms with Crippen LogP contribution in [0.2, 0.25) is 0 Å². The van der Waals surface area contributed by atoms with Gasteiger partial charge in [0.1, 0.15) is 5.69 Å². The molecule has 1 N–H and O–H groups in total. The number of morpholine rings is 1. The molecule has 3 aromatic rings. The first kappa shape index (κ1) is 25.9. The van der Waals surface area contributed by atoms with Gasteiger partial charge in [-0.05, 0) is 30.9 Å². The molecule has 198 valence electrons. The van der Waals surface area contributed by atoms with Gasteiger partial charge in [-0.1, -0.05) is 66.7 Å². The fourth-order valence-electron chi connectivity index (χ4n) is 5.46. The minimum Gasteiger partial charge on any atom is -0.390 e. The molecular formula is C30H40N4O3. The normalized spacial score (nSPS) is 18.1. The fraction of sp³-hybridized carbons (Fsp3) is 0.500. The molecule has 0 spiro atoms. The van der Waals surface area contributed by atoms with Gasteiger partial charge in [0.25, 0.3) is 0 Å². The van der Waals surface area contributed by atoms with Crippen LogP contribution < -0.4 is 4.90 Å². The third-order valence-electron chi connectivity index (χ3n) is 7.83. The summed E-state index contributed by atoms with van der Waals surface area (Å²) in [5.74, 6) is 0.851. The Morgan fingerprint density at radius 2 is 1.73 bits per heavy atom. The molecule has 3 heterocycles. The Morgan fingerprint density at radius 3 is 2.49 bits per heavy atom. The van der Waals surface area contributed by atoms with E-state index in [1.54, 1.807) is 0 Å². The van der Waals surface area contributed by atoms with E-state index < -0.39 is 6.10 Å².